The lowest BCUT2D eigenvalue weighted by atomic mass is 10.0. The monoisotopic (exact) mass is 310 g/mol. The molecule has 1 saturated heterocycles. The Hall–Kier alpha value is -1.14. The molecule has 2 heterocycles. The number of hydrogen-bond acceptors (Lipinski definition) is 4. The fraction of sp³-hybridized carbons (Fsp3) is 0.733. The molecule has 1 unspecified atom stereocenters. The Morgan fingerprint density at radius 1 is 1.52 bits per heavy atom. The van der Waals surface area contributed by atoms with Gasteiger partial charge < -0.3 is 15.5 Å². The molecular formula is C15H26N4OS. The summed E-state index contributed by atoms with van der Waals surface area (Å²) >= 11 is 1.61. The summed E-state index contributed by atoms with van der Waals surface area (Å²) in [6.45, 7) is 9.01. The molecule has 1 aliphatic heterocycles. The Bertz CT molecular complexity index is 449. The van der Waals surface area contributed by atoms with Gasteiger partial charge in [-0.25, -0.2) is 9.78 Å². The predicted molar refractivity (Wildman–Crippen MR) is 86.5 cm³/mol. The first-order valence-electron chi connectivity index (χ1n) is 7.78. The number of aryl methyl sites for hydroxylation is 1. The largest absolute Gasteiger partial charge is 0.338 e. The number of carbonyl (C=O) groups is 1. The van der Waals surface area contributed by atoms with Gasteiger partial charge in [0.05, 0.1) is 17.2 Å². The van der Waals surface area contributed by atoms with Crippen LogP contribution in [0.25, 0.3) is 0 Å². The Balaban J connectivity index is 1.53. The number of thiazole rings is 1. The Morgan fingerprint density at radius 2 is 2.38 bits per heavy atom. The SMILES string of the molecule is Cc1nc(CNC(=O)NCCCN2CCCC(C)C2)cs1. The van der Waals surface area contributed by atoms with Gasteiger partial charge in [-0.1, -0.05) is 6.92 Å². The van der Waals surface area contributed by atoms with Crippen LogP contribution in [0.15, 0.2) is 5.38 Å². The van der Waals surface area contributed by atoms with Crippen molar-refractivity contribution in [2.75, 3.05) is 26.2 Å². The minimum Gasteiger partial charge on any atom is -0.338 e. The van der Waals surface area contributed by atoms with Crippen molar-refractivity contribution in [1.82, 2.24) is 20.5 Å². The molecule has 1 aliphatic rings. The van der Waals surface area contributed by atoms with Crippen LogP contribution in [0.1, 0.15) is 36.9 Å². The van der Waals surface area contributed by atoms with Crippen LogP contribution < -0.4 is 10.6 Å². The number of nitrogens with one attached hydrogen (secondary N) is 2. The average molecular weight is 310 g/mol. The molecule has 0 saturated carbocycles. The van der Waals surface area contributed by atoms with Crippen LogP contribution in [0, 0.1) is 12.8 Å². The zero-order chi connectivity index (χ0) is 15.1. The van der Waals surface area contributed by atoms with E-state index in [-0.39, 0.29) is 6.03 Å². The predicted octanol–water partition coefficient (Wildman–Crippen LogP) is 2.37. The number of nitrogens with zero attached hydrogens (tertiary/aromatic N) is 2. The van der Waals surface area contributed by atoms with E-state index in [9.17, 15) is 4.79 Å². The Kier molecular flexibility index (Phi) is 6.45. The molecule has 1 aromatic rings. The van der Waals surface area contributed by atoms with E-state index in [4.69, 9.17) is 0 Å². The summed E-state index contributed by atoms with van der Waals surface area (Å²) in [5, 5.41) is 8.76. The van der Waals surface area contributed by atoms with E-state index in [1.54, 1.807) is 11.3 Å². The van der Waals surface area contributed by atoms with Gasteiger partial charge in [0.2, 0.25) is 0 Å². The molecule has 0 spiro atoms. The van der Waals surface area contributed by atoms with Crippen LogP contribution in [0.5, 0.6) is 0 Å². The molecule has 0 aromatic carbocycles. The van der Waals surface area contributed by atoms with Crippen molar-refractivity contribution in [3.05, 3.63) is 16.1 Å². The topological polar surface area (TPSA) is 57.3 Å². The molecule has 1 atom stereocenters. The van der Waals surface area contributed by atoms with E-state index >= 15 is 0 Å². The van der Waals surface area contributed by atoms with E-state index < -0.39 is 0 Å². The molecule has 0 radical (unpaired) electrons. The summed E-state index contributed by atoms with van der Waals surface area (Å²) in [6.07, 6.45) is 3.67. The molecule has 1 aromatic heterocycles. The van der Waals surface area contributed by atoms with Crippen LogP contribution in [0.3, 0.4) is 0 Å². The van der Waals surface area contributed by atoms with Crippen molar-refractivity contribution >= 4 is 17.4 Å². The fourth-order valence-corrected chi connectivity index (χ4v) is 3.33. The lowest BCUT2D eigenvalue weighted by molar-refractivity contribution is 0.181. The number of carbonyl (C=O) groups excluding carboxylic acids is 1. The highest BCUT2D eigenvalue weighted by atomic mass is 32.1. The second-order valence-electron chi connectivity index (χ2n) is 5.87. The molecule has 21 heavy (non-hydrogen) atoms. The first-order chi connectivity index (χ1) is 10.1. The summed E-state index contributed by atoms with van der Waals surface area (Å²) < 4.78 is 0. The Labute approximate surface area is 131 Å². The normalized spacial score (nSPS) is 19.4. The van der Waals surface area contributed by atoms with E-state index in [1.807, 2.05) is 12.3 Å². The molecule has 6 heteroatoms. The van der Waals surface area contributed by atoms with E-state index in [1.165, 1.54) is 25.9 Å². The van der Waals surface area contributed by atoms with Gasteiger partial charge in [-0.2, -0.15) is 0 Å². The maximum atomic E-state index is 11.7. The first kappa shape index (κ1) is 16.2. The first-order valence-corrected chi connectivity index (χ1v) is 8.66. The van der Waals surface area contributed by atoms with Crippen molar-refractivity contribution in [1.29, 1.82) is 0 Å². The minimum atomic E-state index is -0.104. The Morgan fingerprint density at radius 3 is 3.10 bits per heavy atom. The zero-order valence-corrected chi connectivity index (χ0v) is 13.8. The van der Waals surface area contributed by atoms with E-state index in [0.717, 1.165) is 36.1 Å². The molecule has 0 bridgehead atoms. The van der Waals surface area contributed by atoms with Crippen LogP contribution in [-0.2, 0) is 6.54 Å². The number of piperidine rings is 1. The van der Waals surface area contributed by atoms with Crippen molar-refractivity contribution < 1.29 is 4.79 Å². The maximum absolute atomic E-state index is 11.7. The van der Waals surface area contributed by atoms with Gasteiger partial charge in [-0.15, -0.1) is 11.3 Å². The fourth-order valence-electron chi connectivity index (χ4n) is 2.72. The standard InChI is InChI=1S/C15H26N4OS/c1-12-5-3-7-19(10-12)8-4-6-16-15(20)17-9-14-11-21-13(2)18-14/h11-12H,3-10H2,1-2H3,(H2,16,17,20). The van der Waals surface area contributed by atoms with Crippen molar-refractivity contribution in [3.8, 4) is 0 Å². The van der Waals surface area contributed by atoms with E-state index in [0.29, 0.717) is 6.54 Å². The maximum Gasteiger partial charge on any atom is 0.315 e. The second-order valence-corrected chi connectivity index (χ2v) is 6.93. The molecule has 2 amide bonds. The third-order valence-corrected chi connectivity index (χ3v) is 4.60. The lowest BCUT2D eigenvalue weighted by Crippen LogP contribution is -2.39. The quantitative estimate of drug-likeness (QED) is 0.793. The highest BCUT2D eigenvalue weighted by Gasteiger charge is 2.15. The lowest BCUT2D eigenvalue weighted by Gasteiger charge is -2.30. The third-order valence-electron chi connectivity index (χ3n) is 3.77. The van der Waals surface area contributed by atoms with Crippen molar-refractivity contribution in [3.63, 3.8) is 0 Å². The number of hydrogen-bond donors (Lipinski definition) is 2. The number of rotatable bonds is 6. The summed E-state index contributed by atoms with van der Waals surface area (Å²) in [7, 11) is 0. The van der Waals surface area contributed by atoms with Crippen LogP contribution in [0.2, 0.25) is 0 Å². The molecule has 1 fully saturated rings. The molecule has 2 N–H and O–H groups in total. The second kappa shape index (κ2) is 8.34. The highest BCUT2D eigenvalue weighted by molar-refractivity contribution is 7.09. The van der Waals surface area contributed by atoms with Gasteiger partial charge in [0, 0.05) is 18.5 Å². The highest BCUT2D eigenvalue weighted by Crippen LogP contribution is 2.15. The number of urea groups is 1. The minimum absolute atomic E-state index is 0.104. The third kappa shape index (κ3) is 6.01. The zero-order valence-electron chi connectivity index (χ0n) is 13.0. The molecule has 0 aliphatic carbocycles. The van der Waals surface area contributed by atoms with Gasteiger partial charge in [-0.3, -0.25) is 0 Å². The van der Waals surface area contributed by atoms with Crippen LogP contribution in [0.4, 0.5) is 4.79 Å². The van der Waals surface area contributed by atoms with E-state index in [2.05, 4.69) is 27.4 Å². The summed E-state index contributed by atoms with van der Waals surface area (Å²) in [4.78, 5) is 18.5. The molecule has 2 rings (SSSR count). The summed E-state index contributed by atoms with van der Waals surface area (Å²) in [6, 6.07) is -0.104. The van der Waals surface area contributed by atoms with Gasteiger partial charge in [0.25, 0.3) is 0 Å². The van der Waals surface area contributed by atoms with Gasteiger partial charge in [0.1, 0.15) is 0 Å². The number of aromatic nitrogens is 1. The number of amides is 2. The molecular weight excluding hydrogens is 284 g/mol. The van der Waals surface area contributed by atoms with Gasteiger partial charge in [-0.05, 0) is 45.2 Å². The number of likely N-dealkylation sites (tertiary alicyclic amines) is 1. The van der Waals surface area contributed by atoms with Crippen LogP contribution in [-0.4, -0.2) is 42.1 Å². The van der Waals surface area contributed by atoms with Gasteiger partial charge >= 0.3 is 6.03 Å². The van der Waals surface area contributed by atoms with Crippen molar-refractivity contribution in [2.24, 2.45) is 5.92 Å². The average Bonchev–Trinajstić information content (AvgIpc) is 2.87. The smallest absolute Gasteiger partial charge is 0.315 e. The summed E-state index contributed by atoms with van der Waals surface area (Å²) in [5.41, 5.74) is 0.926. The van der Waals surface area contributed by atoms with Crippen molar-refractivity contribution in [2.45, 2.75) is 39.7 Å². The molecule has 118 valence electrons. The van der Waals surface area contributed by atoms with Gasteiger partial charge in [0.15, 0.2) is 0 Å². The molecule has 5 nitrogen and oxygen atoms in total. The van der Waals surface area contributed by atoms with Crippen LogP contribution >= 0.6 is 11.3 Å². The summed E-state index contributed by atoms with van der Waals surface area (Å²) in [5.74, 6) is 0.816.